The zero-order valence-electron chi connectivity index (χ0n) is 10.2. The van der Waals surface area contributed by atoms with Crippen molar-refractivity contribution in [1.82, 2.24) is 5.32 Å². The average Bonchev–Trinajstić information content (AvgIpc) is 2.30. The molecule has 6 N–H and O–H groups in total. The molecule has 0 spiro atoms. The van der Waals surface area contributed by atoms with Crippen molar-refractivity contribution in [2.75, 3.05) is 17.6 Å². The monoisotopic (exact) mass is 284 g/mol. The minimum absolute atomic E-state index is 0.0436. The Morgan fingerprint density at radius 2 is 2.11 bits per heavy atom. The highest BCUT2D eigenvalue weighted by molar-refractivity contribution is 7.89. The number of nitrogens with two attached hydrogens (primary N) is 2. The van der Waals surface area contributed by atoms with Gasteiger partial charge in [-0.15, -0.1) is 0 Å². The molecule has 1 aliphatic heterocycles. The van der Waals surface area contributed by atoms with Gasteiger partial charge in [0.25, 0.3) is 0 Å². The van der Waals surface area contributed by atoms with Gasteiger partial charge in [-0.3, -0.25) is 4.79 Å². The highest BCUT2D eigenvalue weighted by atomic mass is 32.2. The van der Waals surface area contributed by atoms with E-state index in [2.05, 4.69) is 10.6 Å². The van der Waals surface area contributed by atoms with E-state index in [0.29, 0.717) is 18.7 Å². The Bertz CT molecular complexity index is 590. The van der Waals surface area contributed by atoms with E-state index in [1.54, 1.807) is 6.07 Å². The molecule has 19 heavy (non-hydrogen) atoms. The largest absolute Gasteiger partial charge is 0.398 e. The van der Waals surface area contributed by atoms with Gasteiger partial charge in [-0.25, -0.2) is 13.6 Å². The zero-order chi connectivity index (χ0) is 14.0. The molecule has 2 rings (SSSR count). The third kappa shape index (κ3) is 3.36. The fraction of sp³-hybridized carbons (Fsp3) is 0.364. The van der Waals surface area contributed by atoms with E-state index in [-0.39, 0.29) is 22.5 Å². The Morgan fingerprint density at radius 3 is 2.63 bits per heavy atom. The number of amides is 1. The number of primary sulfonamides is 1. The number of benzene rings is 1. The van der Waals surface area contributed by atoms with E-state index in [9.17, 15) is 13.2 Å². The first-order chi connectivity index (χ1) is 8.86. The van der Waals surface area contributed by atoms with E-state index in [4.69, 9.17) is 10.9 Å². The minimum atomic E-state index is -3.80. The van der Waals surface area contributed by atoms with E-state index in [1.165, 1.54) is 12.1 Å². The summed E-state index contributed by atoms with van der Waals surface area (Å²) in [7, 11) is -3.80. The molecule has 1 aromatic carbocycles. The van der Waals surface area contributed by atoms with Gasteiger partial charge in [-0.1, -0.05) is 0 Å². The summed E-state index contributed by atoms with van der Waals surface area (Å²) < 4.78 is 22.4. The number of sulfonamides is 1. The molecule has 1 atom stereocenters. The molecule has 1 saturated heterocycles. The van der Waals surface area contributed by atoms with Crippen LogP contribution in [0.4, 0.5) is 11.4 Å². The normalized spacial score (nSPS) is 19.8. The molecule has 0 bridgehead atoms. The second kappa shape index (κ2) is 5.06. The summed E-state index contributed by atoms with van der Waals surface area (Å²) in [6.45, 7) is 0.537. The van der Waals surface area contributed by atoms with E-state index in [1.807, 2.05) is 0 Å². The van der Waals surface area contributed by atoms with Gasteiger partial charge < -0.3 is 16.4 Å². The van der Waals surface area contributed by atoms with Crippen LogP contribution >= 0.6 is 0 Å². The molecule has 0 saturated carbocycles. The maximum Gasteiger partial charge on any atom is 0.240 e. The maximum atomic E-state index is 11.2. The summed E-state index contributed by atoms with van der Waals surface area (Å²) in [4.78, 5) is 10.9. The molecule has 1 fully saturated rings. The first kappa shape index (κ1) is 13.6. The topological polar surface area (TPSA) is 127 Å². The number of rotatable bonds is 3. The quantitative estimate of drug-likeness (QED) is 0.562. The third-order valence-corrected chi connectivity index (χ3v) is 3.94. The standard InChI is InChI=1S/C11H16N4O3S/c12-9-5-7(1-3-10(9)19(13,17)18)15-8-2-4-11(16)14-6-8/h1,3,5,8,15H,2,4,6,12H2,(H,14,16)(H2,13,17,18). The number of nitrogen functional groups attached to an aromatic ring is 1. The van der Waals surface area contributed by atoms with Gasteiger partial charge in [0.2, 0.25) is 15.9 Å². The lowest BCUT2D eigenvalue weighted by Gasteiger charge is -2.24. The average molecular weight is 284 g/mol. The molecule has 1 amide bonds. The highest BCUT2D eigenvalue weighted by Crippen LogP contribution is 2.22. The summed E-state index contributed by atoms with van der Waals surface area (Å²) >= 11 is 0. The van der Waals surface area contributed by atoms with Gasteiger partial charge in [-0.05, 0) is 24.6 Å². The molecule has 8 heteroatoms. The summed E-state index contributed by atoms with van der Waals surface area (Å²) in [5, 5.41) is 11.0. The molecular weight excluding hydrogens is 268 g/mol. The van der Waals surface area contributed by atoms with Gasteiger partial charge in [-0.2, -0.15) is 0 Å². The predicted molar refractivity (Wildman–Crippen MR) is 71.9 cm³/mol. The van der Waals surface area contributed by atoms with Crippen LogP contribution in [-0.4, -0.2) is 26.9 Å². The Labute approximate surface area is 111 Å². The second-order valence-corrected chi connectivity index (χ2v) is 6.01. The van der Waals surface area contributed by atoms with Crippen molar-refractivity contribution in [3.63, 3.8) is 0 Å². The molecule has 1 aromatic rings. The Balaban J connectivity index is 2.10. The first-order valence-electron chi connectivity index (χ1n) is 5.82. The fourth-order valence-electron chi connectivity index (χ4n) is 1.99. The number of hydrogen-bond acceptors (Lipinski definition) is 5. The number of nitrogens with one attached hydrogen (secondary N) is 2. The SMILES string of the molecule is Nc1cc(NC2CCC(=O)NC2)ccc1S(N)(=O)=O. The van der Waals surface area contributed by atoms with Crippen molar-refractivity contribution in [3.05, 3.63) is 18.2 Å². The summed E-state index contributed by atoms with van der Waals surface area (Å²) in [5.41, 5.74) is 6.47. The smallest absolute Gasteiger partial charge is 0.240 e. The van der Waals surface area contributed by atoms with Crippen LogP contribution in [0.15, 0.2) is 23.1 Å². The van der Waals surface area contributed by atoms with Crippen LogP contribution < -0.4 is 21.5 Å². The molecular formula is C11H16N4O3S. The van der Waals surface area contributed by atoms with Gasteiger partial charge in [0.1, 0.15) is 4.90 Å². The molecule has 1 heterocycles. The van der Waals surface area contributed by atoms with Crippen molar-refractivity contribution in [1.29, 1.82) is 0 Å². The van der Waals surface area contributed by atoms with Crippen LogP contribution in [0.3, 0.4) is 0 Å². The van der Waals surface area contributed by atoms with Crippen LogP contribution in [-0.2, 0) is 14.8 Å². The van der Waals surface area contributed by atoms with Gasteiger partial charge in [0.15, 0.2) is 0 Å². The highest BCUT2D eigenvalue weighted by Gasteiger charge is 2.18. The molecule has 0 radical (unpaired) electrons. The fourth-order valence-corrected chi connectivity index (χ4v) is 2.63. The lowest BCUT2D eigenvalue weighted by Crippen LogP contribution is -2.41. The van der Waals surface area contributed by atoms with E-state index in [0.717, 1.165) is 6.42 Å². The number of hydrogen-bond donors (Lipinski definition) is 4. The lowest BCUT2D eigenvalue weighted by atomic mass is 10.1. The summed E-state index contributed by atoms with van der Waals surface area (Å²) in [6, 6.07) is 4.61. The number of carbonyl (C=O) groups is 1. The first-order valence-corrected chi connectivity index (χ1v) is 7.36. The van der Waals surface area contributed by atoms with Crippen LogP contribution in [0, 0.1) is 0 Å². The van der Waals surface area contributed by atoms with Crippen LogP contribution in [0.5, 0.6) is 0 Å². The van der Waals surface area contributed by atoms with E-state index >= 15 is 0 Å². The summed E-state index contributed by atoms with van der Waals surface area (Å²) in [6.07, 6.45) is 1.20. The van der Waals surface area contributed by atoms with Gasteiger partial charge in [0.05, 0.1) is 5.69 Å². The maximum absolute atomic E-state index is 11.2. The number of anilines is 2. The number of carbonyl (C=O) groups excluding carboxylic acids is 1. The minimum Gasteiger partial charge on any atom is -0.398 e. The number of piperidine rings is 1. The molecule has 104 valence electrons. The van der Waals surface area contributed by atoms with Crippen LogP contribution in [0.2, 0.25) is 0 Å². The molecule has 7 nitrogen and oxygen atoms in total. The van der Waals surface area contributed by atoms with Crippen molar-refractivity contribution < 1.29 is 13.2 Å². The van der Waals surface area contributed by atoms with Gasteiger partial charge in [0, 0.05) is 24.7 Å². The van der Waals surface area contributed by atoms with Crippen molar-refractivity contribution in [3.8, 4) is 0 Å². The zero-order valence-corrected chi connectivity index (χ0v) is 11.0. The van der Waals surface area contributed by atoms with E-state index < -0.39 is 10.0 Å². The molecule has 0 aromatic heterocycles. The predicted octanol–water partition coefficient (Wildman–Crippen LogP) is -0.393. The Hall–Kier alpha value is -1.80. The van der Waals surface area contributed by atoms with Crippen LogP contribution in [0.25, 0.3) is 0 Å². The third-order valence-electron chi connectivity index (χ3n) is 2.95. The molecule has 1 unspecified atom stereocenters. The van der Waals surface area contributed by atoms with Crippen molar-refractivity contribution >= 4 is 27.3 Å². The van der Waals surface area contributed by atoms with Gasteiger partial charge >= 0.3 is 0 Å². The second-order valence-electron chi connectivity index (χ2n) is 4.48. The lowest BCUT2D eigenvalue weighted by molar-refractivity contribution is -0.122. The molecule has 0 aliphatic carbocycles. The Kier molecular flexibility index (Phi) is 3.63. The van der Waals surface area contributed by atoms with Crippen molar-refractivity contribution in [2.45, 2.75) is 23.8 Å². The summed E-state index contributed by atoms with van der Waals surface area (Å²) in [5.74, 6) is 0.0436. The Morgan fingerprint density at radius 1 is 1.37 bits per heavy atom. The van der Waals surface area contributed by atoms with Crippen molar-refractivity contribution in [2.24, 2.45) is 5.14 Å². The van der Waals surface area contributed by atoms with Crippen LogP contribution in [0.1, 0.15) is 12.8 Å². The molecule has 1 aliphatic rings.